The number of hydrogen-bond donors (Lipinski definition) is 0. The Bertz CT molecular complexity index is 772. The molecule has 20 heavy (non-hydrogen) atoms. The molecule has 1 aromatic carbocycles. The van der Waals surface area contributed by atoms with Crippen LogP contribution in [-0.4, -0.2) is 0 Å². The van der Waals surface area contributed by atoms with Gasteiger partial charge in [-0.3, -0.25) is 0 Å². The molecule has 3 rings (SSSR count). The summed E-state index contributed by atoms with van der Waals surface area (Å²) in [7, 11) is 4.07. The van der Waals surface area contributed by atoms with E-state index in [1.807, 2.05) is 32.4 Å². The molecule has 0 N–H and O–H groups in total. The van der Waals surface area contributed by atoms with Gasteiger partial charge in [-0.05, 0) is 23.6 Å². The second-order valence-corrected chi connectivity index (χ2v) is 5.54. The number of oxazole rings is 1. The van der Waals surface area contributed by atoms with Crippen molar-refractivity contribution in [2.45, 2.75) is 19.8 Å². The largest absolute Gasteiger partial charge is 0.448 e. The van der Waals surface area contributed by atoms with Crippen LogP contribution >= 0.6 is 0 Å². The molecule has 0 spiro atoms. The van der Waals surface area contributed by atoms with E-state index in [2.05, 4.69) is 47.2 Å². The fourth-order valence-corrected chi connectivity index (χ4v) is 2.50. The third kappa shape index (κ3) is 1.99. The van der Waals surface area contributed by atoms with Crippen molar-refractivity contribution < 1.29 is 13.6 Å². The Morgan fingerprint density at radius 1 is 1.05 bits per heavy atom. The van der Waals surface area contributed by atoms with Crippen LogP contribution in [-0.2, 0) is 14.1 Å². The number of nitrogens with zero attached hydrogens (tertiary/aromatic N) is 2. The quantitative estimate of drug-likeness (QED) is 0.655. The normalized spacial score (nSPS) is 11.4. The lowest BCUT2D eigenvalue weighted by molar-refractivity contribution is -0.682. The number of hydrogen-bond acceptors (Lipinski definition) is 1. The summed E-state index contributed by atoms with van der Waals surface area (Å²) in [6.07, 6.45) is 2.03. The molecule has 0 fully saturated rings. The molecule has 0 unspecified atom stereocenters. The molecule has 0 saturated heterocycles. The first-order valence-corrected chi connectivity index (χ1v) is 6.95. The SMILES string of the molecule is CC(C)c1ccc2c(c1)oc(-c1cccc[n+]1C)[n+]2C. The van der Waals surface area contributed by atoms with Gasteiger partial charge in [0, 0.05) is 18.2 Å². The molecule has 3 aromatic rings. The minimum absolute atomic E-state index is 0.506. The zero-order valence-electron chi connectivity index (χ0n) is 12.4. The van der Waals surface area contributed by atoms with Gasteiger partial charge in [-0.25, -0.2) is 0 Å². The van der Waals surface area contributed by atoms with E-state index < -0.39 is 0 Å². The topological polar surface area (TPSA) is 20.9 Å². The summed E-state index contributed by atoms with van der Waals surface area (Å²) in [5.74, 6) is 1.38. The Morgan fingerprint density at radius 3 is 2.55 bits per heavy atom. The minimum Gasteiger partial charge on any atom is -0.393 e. The predicted molar refractivity (Wildman–Crippen MR) is 78.1 cm³/mol. The molecule has 0 radical (unpaired) electrons. The average Bonchev–Trinajstić information content (AvgIpc) is 2.76. The fourth-order valence-electron chi connectivity index (χ4n) is 2.50. The predicted octanol–water partition coefficient (Wildman–Crippen LogP) is 2.87. The van der Waals surface area contributed by atoms with Crippen LogP contribution in [0.25, 0.3) is 22.7 Å². The van der Waals surface area contributed by atoms with E-state index in [0.29, 0.717) is 5.92 Å². The van der Waals surface area contributed by atoms with E-state index in [4.69, 9.17) is 4.42 Å². The zero-order valence-corrected chi connectivity index (χ0v) is 12.4. The summed E-state index contributed by atoms with van der Waals surface area (Å²) in [5, 5.41) is 0. The van der Waals surface area contributed by atoms with E-state index in [1.165, 1.54) is 5.56 Å². The maximum atomic E-state index is 6.10. The van der Waals surface area contributed by atoms with E-state index in [-0.39, 0.29) is 0 Å². The van der Waals surface area contributed by atoms with Crippen molar-refractivity contribution in [1.29, 1.82) is 0 Å². The van der Waals surface area contributed by atoms with Crippen molar-refractivity contribution in [2.75, 3.05) is 0 Å². The Morgan fingerprint density at radius 2 is 1.85 bits per heavy atom. The molecule has 0 bridgehead atoms. The molecule has 0 atom stereocenters. The monoisotopic (exact) mass is 268 g/mol. The molecular formula is C17H20N2O+2. The van der Waals surface area contributed by atoms with Gasteiger partial charge in [0.05, 0.1) is 0 Å². The van der Waals surface area contributed by atoms with Crippen LogP contribution in [0.15, 0.2) is 47.0 Å². The lowest BCUT2D eigenvalue weighted by Gasteiger charge is -2.01. The number of fused-ring (bicyclic) bond motifs is 1. The van der Waals surface area contributed by atoms with Gasteiger partial charge in [0.15, 0.2) is 6.20 Å². The third-order valence-electron chi connectivity index (χ3n) is 3.80. The van der Waals surface area contributed by atoms with Gasteiger partial charge in [0.1, 0.15) is 14.1 Å². The second kappa shape index (κ2) is 4.75. The summed E-state index contributed by atoms with van der Waals surface area (Å²) in [4.78, 5) is 0. The Labute approximate surface area is 119 Å². The van der Waals surface area contributed by atoms with Gasteiger partial charge < -0.3 is 4.42 Å². The molecule has 3 nitrogen and oxygen atoms in total. The van der Waals surface area contributed by atoms with Gasteiger partial charge >= 0.3 is 11.6 Å². The Kier molecular flexibility index (Phi) is 3.05. The standard InChI is InChI=1S/C17H20N2O/c1-12(2)13-8-9-14-16(11-13)20-17(19(14)4)15-7-5-6-10-18(15)3/h5-12H,1-4H3/q+2. The summed E-state index contributed by atoms with van der Waals surface area (Å²) in [6, 6.07) is 12.6. The molecule has 0 saturated carbocycles. The van der Waals surface area contributed by atoms with Crippen LogP contribution in [0.4, 0.5) is 0 Å². The van der Waals surface area contributed by atoms with Crippen molar-refractivity contribution in [1.82, 2.24) is 0 Å². The maximum absolute atomic E-state index is 6.10. The van der Waals surface area contributed by atoms with Gasteiger partial charge in [-0.15, -0.1) is 0 Å². The molecular weight excluding hydrogens is 248 g/mol. The number of aromatic nitrogens is 2. The number of aryl methyl sites for hydroxylation is 2. The molecule has 0 amide bonds. The molecule has 3 heteroatoms. The molecule has 0 aliphatic rings. The van der Waals surface area contributed by atoms with Crippen LogP contribution < -0.4 is 9.13 Å². The van der Waals surface area contributed by atoms with Gasteiger partial charge in [-0.2, -0.15) is 9.13 Å². The zero-order chi connectivity index (χ0) is 14.3. The van der Waals surface area contributed by atoms with Crippen molar-refractivity contribution in [3.8, 4) is 11.6 Å². The van der Waals surface area contributed by atoms with Crippen molar-refractivity contribution in [3.05, 3.63) is 48.2 Å². The lowest BCUT2D eigenvalue weighted by atomic mass is 10.0. The highest BCUT2D eigenvalue weighted by atomic mass is 16.4. The number of rotatable bonds is 2. The summed E-state index contributed by atoms with van der Waals surface area (Å²) < 4.78 is 10.3. The average molecular weight is 268 g/mol. The second-order valence-electron chi connectivity index (χ2n) is 5.54. The number of benzene rings is 1. The Balaban J connectivity index is 2.23. The first kappa shape index (κ1) is 12.9. The van der Waals surface area contributed by atoms with Crippen molar-refractivity contribution in [3.63, 3.8) is 0 Å². The first-order valence-electron chi connectivity index (χ1n) is 6.95. The lowest BCUT2D eigenvalue weighted by Crippen LogP contribution is -2.36. The van der Waals surface area contributed by atoms with E-state index in [0.717, 1.165) is 22.7 Å². The van der Waals surface area contributed by atoms with Crippen LogP contribution in [0.3, 0.4) is 0 Å². The van der Waals surface area contributed by atoms with Crippen LogP contribution in [0, 0.1) is 0 Å². The molecule has 2 aromatic heterocycles. The molecule has 0 aliphatic heterocycles. The van der Waals surface area contributed by atoms with Gasteiger partial charge in [0.2, 0.25) is 5.58 Å². The third-order valence-corrected chi connectivity index (χ3v) is 3.80. The minimum atomic E-state index is 0.506. The van der Waals surface area contributed by atoms with E-state index in [1.54, 1.807) is 0 Å². The van der Waals surface area contributed by atoms with Crippen molar-refractivity contribution in [2.24, 2.45) is 14.1 Å². The van der Waals surface area contributed by atoms with Crippen LogP contribution in [0.1, 0.15) is 25.3 Å². The van der Waals surface area contributed by atoms with Gasteiger partial charge in [0.25, 0.3) is 5.52 Å². The van der Waals surface area contributed by atoms with Crippen LogP contribution in [0.2, 0.25) is 0 Å². The summed E-state index contributed by atoms with van der Waals surface area (Å²) in [5.41, 5.74) is 4.43. The smallest absolute Gasteiger partial charge is 0.393 e. The number of pyridine rings is 1. The summed E-state index contributed by atoms with van der Waals surface area (Å²) >= 11 is 0. The first-order chi connectivity index (χ1) is 9.58. The van der Waals surface area contributed by atoms with Gasteiger partial charge in [-0.1, -0.05) is 19.9 Å². The molecule has 0 aliphatic carbocycles. The van der Waals surface area contributed by atoms with Crippen LogP contribution in [0.5, 0.6) is 0 Å². The highest BCUT2D eigenvalue weighted by Crippen LogP contribution is 2.23. The van der Waals surface area contributed by atoms with E-state index in [9.17, 15) is 0 Å². The Hall–Kier alpha value is -2.16. The molecule has 2 heterocycles. The van der Waals surface area contributed by atoms with Crippen molar-refractivity contribution >= 4 is 11.1 Å². The van der Waals surface area contributed by atoms with E-state index >= 15 is 0 Å². The summed E-state index contributed by atoms with van der Waals surface area (Å²) in [6.45, 7) is 4.39. The maximum Gasteiger partial charge on any atom is 0.448 e. The highest BCUT2D eigenvalue weighted by molar-refractivity contribution is 5.71. The molecule has 102 valence electrons. The fraction of sp³-hybridized carbons (Fsp3) is 0.294. The highest BCUT2D eigenvalue weighted by Gasteiger charge is 2.27.